The van der Waals surface area contributed by atoms with Gasteiger partial charge < -0.3 is 19.7 Å². The minimum absolute atomic E-state index is 0.123. The number of rotatable bonds is 1. The molecule has 4 atom stereocenters. The average Bonchev–Trinajstić information content (AvgIpc) is 2.95. The first kappa shape index (κ1) is 15.3. The van der Waals surface area contributed by atoms with Gasteiger partial charge in [-0.1, -0.05) is 24.3 Å². The second-order valence-corrected chi connectivity index (χ2v) is 5.94. The lowest BCUT2D eigenvalue weighted by Crippen LogP contribution is -2.60. The molecule has 2 aliphatic rings. The van der Waals surface area contributed by atoms with Crippen molar-refractivity contribution < 1.29 is 19.7 Å². The van der Waals surface area contributed by atoms with Gasteiger partial charge in [-0.15, -0.1) is 0 Å². The van der Waals surface area contributed by atoms with Gasteiger partial charge in [-0.25, -0.2) is 4.79 Å². The van der Waals surface area contributed by atoms with Crippen LogP contribution in [0.25, 0.3) is 0 Å². The normalized spacial score (nSPS) is 32.0. The van der Waals surface area contributed by atoms with Crippen LogP contribution in [0.5, 0.6) is 0 Å². The van der Waals surface area contributed by atoms with Crippen LogP contribution in [0.15, 0.2) is 46.1 Å². The summed E-state index contributed by atoms with van der Waals surface area (Å²) in [5.74, 6) is 0. The number of hydrogen-bond donors (Lipinski definition) is 3. The summed E-state index contributed by atoms with van der Waals surface area (Å²) in [5, 5.41) is 21.4. The highest BCUT2D eigenvalue weighted by Gasteiger charge is 2.58. The molecule has 1 saturated heterocycles. The van der Waals surface area contributed by atoms with Crippen molar-refractivity contribution in [3.05, 3.63) is 68.5 Å². The zero-order chi connectivity index (χ0) is 16.9. The van der Waals surface area contributed by atoms with E-state index >= 15 is 0 Å². The number of aromatic nitrogens is 2. The van der Waals surface area contributed by atoms with Crippen LogP contribution in [-0.4, -0.2) is 38.6 Å². The van der Waals surface area contributed by atoms with Crippen LogP contribution in [-0.2, 0) is 21.7 Å². The molecule has 0 bridgehead atoms. The van der Waals surface area contributed by atoms with E-state index in [2.05, 4.69) is 4.98 Å². The molecule has 1 spiro atoms. The molecule has 3 heterocycles. The highest BCUT2D eigenvalue weighted by atomic mass is 16.6. The van der Waals surface area contributed by atoms with E-state index in [0.29, 0.717) is 5.56 Å². The van der Waals surface area contributed by atoms with Gasteiger partial charge in [0, 0.05) is 12.3 Å². The first-order valence-corrected chi connectivity index (χ1v) is 7.55. The monoisotopic (exact) mass is 332 g/mol. The molecule has 1 aromatic heterocycles. The van der Waals surface area contributed by atoms with Crippen molar-refractivity contribution in [1.82, 2.24) is 9.55 Å². The maximum absolute atomic E-state index is 12.0. The molecule has 0 aliphatic carbocycles. The summed E-state index contributed by atoms with van der Waals surface area (Å²) in [6.07, 6.45) is -2.27. The van der Waals surface area contributed by atoms with E-state index in [9.17, 15) is 19.8 Å². The predicted molar refractivity (Wildman–Crippen MR) is 81.2 cm³/mol. The fraction of sp³-hybridized carbons (Fsp3) is 0.375. The number of H-pyrrole nitrogens is 1. The van der Waals surface area contributed by atoms with Crippen LogP contribution in [0.4, 0.5) is 0 Å². The Morgan fingerprint density at radius 2 is 2.00 bits per heavy atom. The smallest absolute Gasteiger partial charge is 0.330 e. The van der Waals surface area contributed by atoms with Gasteiger partial charge in [0.2, 0.25) is 0 Å². The van der Waals surface area contributed by atoms with Crippen molar-refractivity contribution in [2.45, 2.75) is 30.6 Å². The molecular formula is C16H16N2O6. The summed E-state index contributed by atoms with van der Waals surface area (Å²) in [7, 11) is 0. The van der Waals surface area contributed by atoms with E-state index in [0.717, 1.165) is 10.1 Å². The second-order valence-electron chi connectivity index (χ2n) is 5.94. The maximum atomic E-state index is 12.0. The van der Waals surface area contributed by atoms with Crippen molar-refractivity contribution in [2.75, 3.05) is 6.61 Å². The molecule has 1 fully saturated rings. The number of ether oxygens (including phenoxy) is 2. The molecule has 4 rings (SSSR count). The molecule has 0 saturated carbocycles. The zero-order valence-corrected chi connectivity index (χ0v) is 12.6. The van der Waals surface area contributed by atoms with Crippen LogP contribution < -0.4 is 11.2 Å². The Labute approximate surface area is 135 Å². The summed E-state index contributed by atoms with van der Waals surface area (Å²) in [6, 6.07) is 8.46. The van der Waals surface area contributed by atoms with Crippen molar-refractivity contribution in [2.24, 2.45) is 0 Å². The van der Waals surface area contributed by atoms with E-state index in [4.69, 9.17) is 9.47 Å². The summed E-state index contributed by atoms with van der Waals surface area (Å²) < 4.78 is 12.4. The van der Waals surface area contributed by atoms with Gasteiger partial charge in [0.1, 0.15) is 12.2 Å². The number of hydrogen-bond acceptors (Lipinski definition) is 6. The minimum Gasteiger partial charge on any atom is -0.387 e. The number of nitrogens with one attached hydrogen (secondary N) is 1. The number of fused-ring (bicyclic) bond motifs is 2. The molecule has 8 heteroatoms. The van der Waals surface area contributed by atoms with Crippen molar-refractivity contribution in [1.29, 1.82) is 0 Å². The third kappa shape index (κ3) is 2.01. The predicted octanol–water partition coefficient (Wildman–Crippen LogP) is -0.787. The standard InChI is InChI=1S/C16H16N2O6/c19-11-8-23-14(18-6-5-12(20)17-15(18)22)13(21)16(11)10-4-2-1-3-9(10)7-24-16/h1-6,11,13-14,19,21H,7-8H2,(H,17,20,22)/t11-,13+,14-,16-/m1/s1. The topological polar surface area (TPSA) is 114 Å². The van der Waals surface area contributed by atoms with Crippen molar-refractivity contribution in [3.63, 3.8) is 0 Å². The van der Waals surface area contributed by atoms with Crippen LogP contribution >= 0.6 is 0 Å². The second kappa shape index (κ2) is 5.38. The SMILES string of the molecule is O=c1ccn([C@@H]2OC[C@@H](O)[C@@]3(OCc4ccccc43)[C@H]2O)c(=O)[nH]1. The zero-order valence-electron chi connectivity index (χ0n) is 12.6. The summed E-state index contributed by atoms with van der Waals surface area (Å²) in [5.41, 5.74) is -1.08. The number of nitrogens with zero attached hydrogens (tertiary/aromatic N) is 1. The van der Waals surface area contributed by atoms with Gasteiger partial charge in [0.25, 0.3) is 5.56 Å². The molecule has 8 nitrogen and oxygen atoms in total. The Morgan fingerprint density at radius 3 is 2.79 bits per heavy atom. The molecule has 2 aliphatic heterocycles. The van der Waals surface area contributed by atoms with Gasteiger partial charge >= 0.3 is 5.69 Å². The molecule has 0 radical (unpaired) electrons. The third-order valence-corrected chi connectivity index (χ3v) is 4.66. The number of aliphatic hydroxyl groups is 2. The Kier molecular flexibility index (Phi) is 3.43. The van der Waals surface area contributed by atoms with Crippen LogP contribution in [0.3, 0.4) is 0 Å². The first-order chi connectivity index (χ1) is 11.5. The lowest BCUT2D eigenvalue weighted by molar-refractivity contribution is -0.280. The molecule has 0 amide bonds. The van der Waals surface area contributed by atoms with Crippen molar-refractivity contribution in [3.8, 4) is 0 Å². The summed E-state index contributed by atoms with van der Waals surface area (Å²) in [4.78, 5) is 25.4. The Morgan fingerprint density at radius 1 is 1.21 bits per heavy atom. The highest BCUT2D eigenvalue weighted by molar-refractivity contribution is 5.38. The molecule has 126 valence electrons. The van der Waals surface area contributed by atoms with Gasteiger partial charge in [-0.2, -0.15) is 0 Å². The largest absolute Gasteiger partial charge is 0.387 e. The fourth-order valence-electron chi connectivity index (χ4n) is 3.50. The minimum atomic E-state index is -1.38. The number of aromatic amines is 1. The van der Waals surface area contributed by atoms with E-state index < -0.39 is 35.3 Å². The van der Waals surface area contributed by atoms with Gasteiger partial charge in [-0.05, 0) is 11.1 Å². The third-order valence-electron chi connectivity index (χ3n) is 4.66. The van der Waals surface area contributed by atoms with Crippen LogP contribution in [0, 0.1) is 0 Å². The maximum Gasteiger partial charge on any atom is 0.330 e. The van der Waals surface area contributed by atoms with Crippen LogP contribution in [0.2, 0.25) is 0 Å². The number of benzene rings is 1. The van der Waals surface area contributed by atoms with E-state index in [1.165, 1.54) is 12.3 Å². The molecule has 0 unspecified atom stereocenters. The molecule has 2 aromatic rings. The Bertz CT molecular complexity index is 890. The van der Waals surface area contributed by atoms with E-state index in [1.807, 2.05) is 12.1 Å². The lowest BCUT2D eigenvalue weighted by Gasteiger charge is -2.45. The molecule has 24 heavy (non-hydrogen) atoms. The Hall–Kier alpha value is -2.26. The quantitative estimate of drug-likeness (QED) is 0.631. The lowest BCUT2D eigenvalue weighted by atomic mass is 9.80. The van der Waals surface area contributed by atoms with Gasteiger partial charge in [-0.3, -0.25) is 14.3 Å². The first-order valence-electron chi connectivity index (χ1n) is 7.55. The summed E-state index contributed by atoms with van der Waals surface area (Å²) in [6.45, 7) is 0.124. The number of aliphatic hydroxyl groups excluding tert-OH is 2. The van der Waals surface area contributed by atoms with E-state index in [-0.39, 0.29) is 13.2 Å². The van der Waals surface area contributed by atoms with E-state index in [1.54, 1.807) is 12.1 Å². The van der Waals surface area contributed by atoms with Crippen LogP contribution in [0.1, 0.15) is 17.4 Å². The van der Waals surface area contributed by atoms with Gasteiger partial charge in [0.15, 0.2) is 11.8 Å². The van der Waals surface area contributed by atoms with Crippen molar-refractivity contribution >= 4 is 0 Å². The molecule has 3 N–H and O–H groups in total. The highest BCUT2D eigenvalue weighted by Crippen LogP contribution is 2.47. The summed E-state index contributed by atoms with van der Waals surface area (Å²) >= 11 is 0. The Balaban J connectivity index is 1.82. The molecular weight excluding hydrogens is 316 g/mol. The van der Waals surface area contributed by atoms with Gasteiger partial charge in [0.05, 0.1) is 13.2 Å². The fourth-order valence-corrected chi connectivity index (χ4v) is 3.50. The average molecular weight is 332 g/mol. The molecule has 1 aromatic carbocycles.